The van der Waals surface area contributed by atoms with Gasteiger partial charge >= 0.3 is 6.03 Å². The second-order valence-corrected chi connectivity index (χ2v) is 4.34. The molecular formula is C14H14N4O3. The summed E-state index contributed by atoms with van der Waals surface area (Å²) in [5.41, 5.74) is 1.51. The fourth-order valence-corrected chi connectivity index (χ4v) is 1.80. The molecule has 7 nitrogen and oxygen atoms in total. The fraction of sp³-hybridized carbons (Fsp3) is 0.143. The van der Waals surface area contributed by atoms with E-state index in [2.05, 4.69) is 15.6 Å². The number of nitrogens with zero attached hydrogens (tertiary/aromatic N) is 2. The van der Waals surface area contributed by atoms with Crippen molar-refractivity contribution in [2.45, 2.75) is 13.5 Å². The summed E-state index contributed by atoms with van der Waals surface area (Å²) in [6.07, 6.45) is 1.64. The third kappa shape index (κ3) is 3.75. The van der Waals surface area contributed by atoms with Crippen molar-refractivity contribution in [2.75, 3.05) is 5.32 Å². The Kier molecular flexibility index (Phi) is 4.45. The van der Waals surface area contributed by atoms with E-state index in [1.54, 1.807) is 31.3 Å². The molecule has 1 aromatic heterocycles. The van der Waals surface area contributed by atoms with Crippen molar-refractivity contribution in [1.82, 2.24) is 10.3 Å². The van der Waals surface area contributed by atoms with Crippen LogP contribution in [0.1, 0.15) is 11.3 Å². The molecule has 2 amide bonds. The zero-order valence-corrected chi connectivity index (χ0v) is 11.4. The third-order valence-electron chi connectivity index (χ3n) is 2.91. The lowest BCUT2D eigenvalue weighted by molar-refractivity contribution is -0.385. The average molecular weight is 286 g/mol. The minimum absolute atomic E-state index is 0.0301. The van der Waals surface area contributed by atoms with Crippen LogP contribution in [-0.4, -0.2) is 15.9 Å². The quantitative estimate of drug-likeness (QED) is 0.666. The second-order valence-electron chi connectivity index (χ2n) is 4.34. The van der Waals surface area contributed by atoms with Crippen molar-refractivity contribution in [3.8, 4) is 0 Å². The molecule has 0 bridgehead atoms. The number of aromatic nitrogens is 1. The van der Waals surface area contributed by atoms with Crippen LogP contribution in [0.3, 0.4) is 0 Å². The molecule has 2 rings (SSSR count). The van der Waals surface area contributed by atoms with Gasteiger partial charge in [-0.2, -0.15) is 0 Å². The molecule has 0 saturated heterocycles. The number of amides is 2. The van der Waals surface area contributed by atoms with Crippen LogP contribution in [0.5, 0.6) is 0 Å². The Morgan fingerprint density at radius 1 is 1.29 bits per heavy atom. The number of hydrogen-bond donors (Lipinski definition) is 2. The highest BCUT2D eigenvalue weighted by atomic mass is 16.6. The highest BCUT2D eigenvalue weighted by Crippen LogP contribution is 2.24. The number of anilines is 1. The van der Waals surface area contributed by atoms with Gasteiger partial charge in [-0.15, -0.1) is 0 Å². The maximum Gasteiger partial charge on any atom is 0.319 e. The molecule has 0 spiro atoms. The largest absolute Gasteiger partial charge is 0.332 e. The summed E-state index contributed by atoms with van der Waals surface area (Å²) in [6, 6.07) is 9.50. The molecule has 0 aliphatic rings. The summed E-state index contributed by atoms with van der Waals surface area (Å²) in [4.78, 5) is 26.2. The van der Waals surface area contributed by atoms with Crippen molar-refractivity contribution in [3.63, 3.8) is 0 Å². The SMILES string of the molecule is Cc1c(NC(=O)NCc2ccccn2)cccc1[N+](=O)[O-]. The first-order valence-electron chi connectivity index (χ1n) is 6.26. The summed E-state index contributed by atoms with van der Waals surface area (Å²) in [5, 5.41) is 16.1. The first-order valence-corrected chi connectivity index (χ1v) is 6.26. The number of benzene rings is 1. The van der Waals surface area contributed by atoms with Gasteiger partial charge in [0.15, 0.2) is 0 Å². The predicted molar refractivity (Wildman–Crippen MR) is 77.9 cm³/mol. The van der Waals surface area contributed by atoms with E-state index < -0.39 is 11.0 Å². The number of carbonyl (C=O) groups excluding carboxylic acids is 1. The van der Waals surface area contributed by atoms with Crippen LogP contribution in [0, 0.1) is 17.0 Å². The van der Waals surface area contributed by atoms with Gasteiger partial charge < -0.3 is 10.6 Å². The van der Waals surface area contributed by atoms with E-state index >= 15 is 0 Å². The summed E-state index contributed by atoms with van der Waals surface area (Å²) in [6.45, 7) is 1.87. The van der Waals surface area contributed by atoms with Crippen LogP contribution < -0.4 is 10.6 Å². The Morgan fingerprint density at radius 2 is 2.10 bits per heavy atom. The number of nitro groups is 1. The molecule has 21 heavy (non-hydrogen) atoms. The first-order chi connectivity index (χ1) is 10.1. The van der Waals surface area contributed by atoms with Crippen LogP contribution >= 0.6 is 0 Å². The van der Waals surface area contributed by atoms with Crippen LogP contribution in [0.4, 0.5) is 16.2 Å². The fourth-order valence-electron chi connectivity index (χ4n) is 1.80. The number of carbonyl (C=O) groups is 1. The van der Waals surface area contributed by atoms with Crippen molar-refractivity contribution >= 4 is 17.4 Å². The van der Waals surface area contributed by atoms with Gasteiger partial charge in [-0.25, -0.2) is 4.79 Å². The lowest BCUT2D eigenvalue weighted by atomic mass is 10.1. The smallest absolute Gasteiger partial charge is 0.319 e. The van der Waals surface area contributed by atoms with Gasteiger partial charge in [0.05, 0.1) is 28.4 Å². The van der Waals surface area contributed by atoms with Gasteiger partial charge in [0.2, 0.25) is 0 Å². The van der Waals surface area contributed by atoms with Crippen molar-refractivity contribution in [2.24, 2.45) is 0 Å². The van der Waals surface area contributed by atoms with Crippen LogP contribution in [0.2, 0.25) is 0 Å². The van der Waals surface area contributed by atoms with Crippen molar-refractivity contribution in [3.05, 3.63) is 64.0 Å². The van der Waals surface area contributed by atoms with Crippen molar-refractivity contribution in [1.29, 1.82) is 0 Å². The van der Waals surface area contributed by atoms with Crippen LogP contribution in [0.25, 0.3) is 0 Å². The van der Waals surface area contributed by atoms with E-state index in [-0.39, 0.29) is 12.2 Å². The molecule has 2 aromatic rings. The minimum atomic E-state index is -0.480. The zero-order chi connectivity index (χ0) is 15.2. The van der Waals surface area contributed by atoms with Crippen molar-refractivity contribution < 1.29 is 9.72 Å². The molecule has 108 valence electrons. The Balaban J connectivity index is 2.00. The van der Waals surface area contributed by atoms with E-state index in [4.69, 9.17) is 0 Å². The first kappa shape index (κ1) is 14.4. The zero-order valence-electron chi connectivity index (χ0n) is 11.4. The molecule has 7 heteroatoms. The molecule has 0 aliphatic carbocycles. The molecule has 0 radical (unpaired) electrons. The summed E-state index contributed by atoms with van der Waals surface area (Å²) in [5.74, 6) is 0. The Morgan fingerprint density at radius 3 is 2.76 bits per heavy atom. The van der Waals surface area contributed by atoms with Gasteiger partial charge in [-0.3, -0.25) is 15.1 Å². The molecule has 0 fully saturated rings. The Labute approximate surface area is 121 Å². The predicted octanol–water partition coefficient (Wildman–Crippen LogP) is 2.62. The van der Waals surface area contributed by atoms with E-state index in [9.17, 15) is 14.9 Å². The monoisotopic (exact) mass is 286 g/mol. The molecule has 2 N–H and O–H groups in total. The molecule has 0 aliphatic heterocycles. The summed E-state index contributed by atoms with van der Waals surface area (Å²) in [7, 11) is 0. The van der Waals surface area contributed by atoms with Gasteiger partial charge in [-0.05, 0) is 25.1 Å². The molecular weight excluding hydrogens is 272 g/mol. The number of rotatable bonds is 4. The number of nitrogens with one attached hydrogen (secondary N) is 2. The number of hydrogen-bond acceptors (Lipinski definition) is 4. The molecule has 0 saturated carbocycles. The normalized spacial score (nSPS) is 9.95. The van der Waals surface area contributed by atoms with Gasteiger partial charge in [0, 0.05) is 12.3 Å². The maximum absolute atomic E-state index is 11.8. The lowest BCUT2D eigenvalue weighted by Gasteiger charge is -2.09. The average Bonchev–Trinajstić information content (AvgIpc) is 2.48. The summed E-state index contributed by atoms with van der Waals surface area (Å²) >= 11 is 0. The molecule has 0 atom stereocenters. The van der Waals surface area contributed by atoms with E-state index in [1.165, 1.54) is 12.1 Å². The molecule has 1 heterocycles. The summed E-state index contributed by atoms with van der Waals surface area (Å²) < 4.78 is 0. The lowest BCUT2D eigenvalue weighted by Crippen LogP contribution is -2.28. The van der Waals surface area contributed by atoms with Gasteiger partial charge in [-0.1, -0.05) is 12.1 Å². The Hall–Kier alpha value is -2.96. The number of urea groups is 1. The van der Waals surface area contributed by atoms with Crippen LogP contribution in [0.15, 0.2) is 42.6 Å². The number of nitro benzene ring substituents is 1. The maximum atomic E-state index is 11.8. The van der Waals surface area contributed by atoms with Gasteiger partial charge in [0.25, 0.3) is 5.69 Å². The van der Waals surface area contributed by atoms with Gasteiger partial charge in [0.1, 0.15) is 0 Å². The highest BCUT2D eigenvalue weighted by molar-refractivity contribution is 5.90. The minimum Gasteiger partial charge on any atom is -0.332 e. The molecule has 0 unspecified atom stereocenters. The molecule has 1 aromatic carbocycles. The topological polar surface area (TPSA) is 97.2 Å². The highest BCUT2D eigenvalue weighted by Gasteiger charge is 2.14. The van der Waals surface area contributed by atoms with E-state index in [0.717, 1.165) is 5.69 Å². The van der Waals surface area contributed by atoms with Crippen LogP contribution in [-0.2, 0) is 6.54 Å². The van der Waals surface area contributed by atoms with E-state index in [0.29, 0.717) is 11.3 Å². The third-order valence-corrected chi connectivity index (χ3v) is 2.91. The Bertz CT molecular complexity index is 659. The number of pyridine rings is 1. The van der Waals surface area contributed by atoms with E-state index in [1.807, 2.05) is 6.07 Å². The standard InChI is InChI=1S/C14H14N4O3/c1-10-12(6-4-7-13(10)18(20)21)17-14(19)16-9-11-5-2-3-8-15-11/h2-8H,9H2,1H3,(H2,16,17,19). The second kappa shape index (κ2) is 6.47.